The van der Waals surface area contributed by atoms with Crippen LogP contribution in [0.5, 0.6) is 0 Å². The first-order valence-electron chi connectivity index (χ1n) is 5.61. The van der Waals surface area contributed by atoms with Crippen molar-refractivity contribution in [2.75, 3.05) is 19.1 Å². The molecule has 0 unspecified atom stereocenters. The SMILES string of the molecule is COCCc1cccc2cc(C)c(NN)nc12. The van der Waals surface area contributed by atoms with Crippen molar-refractivity contribution >= 4 is 16.7 Å². The minimum Gasteiger partial charge on any atom is -0.384 e. The minimum atomic E-state index is 0.695. The van der Waals surface area contributed by atoms with Crippen molar-refractivity contribution in [1.29, 1.82) is 0 Å². The smallest absolute Gasteiger partial charge is 0.143 e. The number of hydrogen-bond donors (Lipinski definition) is 2. The molecule has 0 spiro atoms. The monoisotopic (exact) mass is 231 g/mol. The molecule has 1 aromatic carbocycles. The number of rotatable bonds is 4. The number of pyridine rings is 1. The first-order valence-corrected chi connectivity index (χ1v) is 5.61. The predicted octanol–water partition coefficient (Wildman–Crippen LogP) is 2.02. The third-order valence-corrected chi connectivity index (χ3v) is 2.83. The Kier molecular flexibility index (Phi) is 3.56. The molecule has 2 rings (SSSR count). The summed E-state index contributed by atoms with van der Waals surface area (Å²) in [7, 11) is 1.70. The van der Waals surface area contributed by atoms with Crippen molar-refractivity contribution in [2.45, 2.75) is 13.3 Å². The number of nitrogens with two attached hydrogens (primary N) is 1. The van der Waals surface area contributed by atoms with Crippen LogP contribution in [0.2, 0.25) is 0 Å². The van der Waals surface area contributed by atoms with E-state index in [0.29, 0.717) is 6.61 Å². The molecular formula is C13H17N3O. The highest BCUT2D eigenvalue weighted by Gasteiger charge is 2.06. The fraction of sp³-hybridized carbons (Fsp3) is 0.308. The highest BCUT2D eigenvalue weighted by Crippen LogP contribution is 2.22. The number of fused-ring (bicyclic) bond motifs is 1. The number of methoxy groups -OCH3 is 1. The van der Waals surface area contributed by atoms with Gasteiger partial charge in [-0.2, -0.15) is 0 Å². The third kappa shape index (κ3) is 2.38. The number of hydrazine groups is 1. The zero-order valence-electron chi connectivity index (χ0n) is 10.2. The van der Waals surface area contributed by atoms with E-state index in [1.807, 2.05) is 13.0 Å². The predicted molar refractivity (Wildman–Crippen MR) is 69.9 cm³/mol. The van der Waals surface area contributed by atoms with Crippen LogP contribution < -0.4 is 11.3 Å². The summed E-state index contributed by atoms with van der Waals surface area (Å²) in [5.41, 5.74) is 5.84. The fourth-order valence-electron chi connectivity index (χ4n) is 1.93. The molecule has 0 atom stereocenters. The molecule has 1 heterocycles. The van der Waals surface area contributed by atoms with Gasteiger partial charge in [-0.3, -0.25) is 0 Å². The van der Waals surface area contributed by atoms with Crippen LogP contribution >= 0.6 is 0 Å². The van der Waals surface area contributed by atoms with Gasteiger partial charge in [0.25, 0.3) is 0 Å². The normalized spacial score (nSPS) is 10.8. The molecule has 0 amide bonds. The van der Waals surface area contributed by atoms with Crippen LogP contribution in [0.1, 0.15) is 11.1 Å². The lowest BCUT2D eigenvalue weighted by atomic mass is 10.1. The van der Waals surface area contributed by atoms with Gasteiger partial charge in [-0.1, -0.05) is 18.2 Å². The van der Waals surface area contributed by atoms with Crippen molar-refractivity contribution in [3.8, 4) is 0 Å². The summed E-state index contributed by atoms with van der Waals surface area (Å²) in [5.74, 6) is 6.18. The van der Waals surface area contributed by atoms with E-state index >= 15 is 0 Å². The van der Waals surface area contributed by atoms with Crippen molar-refractivity contribution in [3.63, 3.8) is 0 Å². The molecule has 0 saturated carbocycles. The number of aromatic nitrogens is 1. The van der Waals surface area contributed by atoms with Gasteiger partial charge in [0.1, 0.15) is 5.82 Å². The molecule has 0 aliphatic carbocycles. The molecule has 4 nitrogen and oxygen atoms in total. The van der Waals surface area contributed by atoms with E-state index in [-0.39, 0.29) is 0 Å². The number of ether oxygens (including phenoxy) is 1. The second-order valence-corrected chi connectivity index (χ2v) is 4.03. The number of para-hydroxylation sites is 1. The second-order valence-electron chi connectivity index (χ2n) is 4.03. The van der Waals surface area contributed by atoms with Crippen LogP contribution in [-0.4, -0.2) is 18.7 Å². The van der Waals surface area contributed by atoms with Crippen molar-refractivity contribution in [2.24, 2.45) is 5.84 Å². The molecule has 1 aromatic heterocycles. The first-order chi connectivity index (χ1) is 8.26. The topological polar surface area (TPSA) is 60.2 Å². The summed E-state index contributed by atoms with van der Waals surface area (Å²) in [6.07, 6.45) is 0.855. The second kappa shape index (κ2) is 5.12. The Bertz CT molecular complexity index is 525. The van der Waals surface area contributed by atoms with Gasteiger partial charge in [-0.15, -0.1) is 0 Å². The molecule has 2 aromatic rings. The van der Waals surface area contributed by atoms with E-state index < -0.39 is 0 Å². The van der Waals surface area contributed by atoms with Crippen molar-refractivity contribution in [3.05, 3.63) is 35.4 Å². The van der Waals surface area contributed by atoms with Gasteiger partial charge in [-0.05, 0) is 30.5 Å². The highest BCUT2D eigenvalue weighted by molar-refractivity contribution is 5.84. The number of benzene rings is 1. The lowest BCUT2D eigenvalue weighted by Gasteiger charge is -2.09. The van der Waals surface area contributed by atoms with Gasteiger partial charge in [0.2, 0.25) is 0 Å². The summed E-state index contributed by atoms with van der Waals surface area (Å²) in [5, 5.41) is 1.13. The average molecular weight is 231 g/mol. The number of nitrogens with zero attached hydrogens (tertiary/aromatic N) is 1. The van der Waals surface area contributed by atoms with Crippen LogP contribution in [0, 0.1) is 6.92 Å². The van der Waals surface area contributed by atoms with Crippen LogP contribution in [-0.2, 0) is 11.2 Å². The van der Waals surface area contributed by atoms with Crippen LogP contribution in [0.25, 0.3) is 10.9 Å². The van der Waals surface area contributed by atoms with Gasteiger partial charge < -0.3 is 10.2 Å². The molecule has 90 valence electrons. The van der Waals surface area contributed by atoms with E-state index in [4.69, 9.17) is 10.6 Å². The molecule has 0 saturated heterocycles. The summed E-state index contributed by atoms with van der Waals surface area (Å²) >= 11 is 0. The van der Waals surface area contributed by atoms with Gasteiger partial charge in [-0.25, -0.2) is 10.8 Å². The van der Waals surface area contributed by atoms with E-state index in [0.717, 1.165) is 28.7 Å². The molecule has 0 aliphatic rings. The van der Waals surface area contributed by atoms with Gasteiger partial charge in [0.15, 0.2) is 0 Å². The Labute approximate surface area is 101 Å². The average Bonchev–Trinajstić information content (AvgIpc) is 2.35. The molecule has 3 N–H and O–H groups in total. The summed E-state index contributed by atoms with van der Waals surface area (Å²) in [6.45, 7) is 2.68. The Hall–Kier alpha value is -1.65. The number of hydrogen-bond acceptors (Lipinski definition) is 4. The first kappa shape index (κ1) is 11.8. The molecule has 0 bridgehead atoms. The number of nitrogens with one attached hydrogen (secondary N) is 1. The molecule has 0 aliphatic heterocycles. The Morgan fingerprint density at radius 2 is 2.24 bits per heavy atom. The van der Waals surface area contributed by atoms with E-state index in [2.05, 4.69) is 28.6 Å². The molecular weight excluding hydrogens is 214 g/mol. The zero-order chi connectivity index (χ0) is 12.3. The number of anilines is 1. The molecule has 4 heteroatoms. The van der Waals surface area contributed by atoms with Crippen molar-refractivity contribution < 1.29 is 4.74 Å². The van der Waals surface area contributed by atoms with Gasteiger partial charge in [0.05, 0.1) is 12.1 Å². The lowest BCUT2D eigenvalue weighted by molar-refractivity contribution is 0.202. The van der Waals surface area contributed by atoms with E-state index in [9.17, 15) is 0 Å². The lowest BCUT2D eigenvalue weighted by Crippen LogP contribution is -2.10. The maximum atomic E-state index is 5.45. The Balaban J connectivity index is 2.53. The molecule has 17 heavy (non-hydrogen) atoms. The maximum absolute atomic E-state index is 5.45. The molecule has 0 fully saturated rings. The Morgan fingerprint density at radius 1 is 1.41 bits per heavy atom. The quantitative estimate of drug-likeness (QED) is 0.624. The maximum Gasteiger partial charge on any atom is 0.143 e. The standard InChI is InChI=1S/C13H17N3O/c1-9-8-11-5-3-4-10(6-7-17-2)12(11)15-13(9)16-14/h3-5,8H,6-7,14H2,1-2H3,(H,15,16). The van der Waals surface area contributed by atoms with Crippen LogP contribution in [0.4, 0.5) is 5.82 Å². The number of nitrogen functional groups attached to an aromatic ring is 1. The fourth-order valence-corrected chi connectivity index (χ4v) is 1.93. The number of aryl methyl sites for hydroxylation is 1. The summed E-state index contributed by atoms with van der Waals surface area (Å²) in [6, 6.07) is 8.27. The summed E-state index contributed by atoms with van der Waals surface area (Å²) in [4.78, 5) is 4.55. The highest BCUT2D eigenvalue weighted by atomic mass is 16.5. The van der Waals surface area contributed by atoms with E-state index in [1.165, 1.54) is 5.56 Å². The van der Waals surface area contributed by atoms with Gasteiger partial charge >= 0.3 is 0 Å². The van der Waals surface area contributed by atoms with E-state index in [1.54, 1.807) is 7.11 Å². The van der Waals surface area contributed by atoms with Gasteiger partial charge in [0, 0.05) is 12.5 Å². The van der Waals surface area contributed by atoms with Crippen molar-refractivity contribution in [1.82, 2.24) is 4.98 Å². The zero-order valence-corrected chi connectivity index (χ0v) is 10.2. The molecule has 0 radical (unpaired) electrons. The van der Waals surface area contributed by atoms with Crippen LogP contribution in [0.15, 0.2) is 24.3 Å². The summed E-state index contributed by atoms with van der Waals surface area (Å²) < 4.78 is 5.11. The van der Waals surface area contributed by atoms with Crippen LogP contribution in [0.3, 0.4) is 0 Å². The third-order valence-electron chi connectivity index (χ3n) is 2.83. The largest absolute Gasteiger partial charge is 0.384 e. The Morgan fingerprint density at radius 3 is 2.94 bits per heavy atom. The minimum absolute atomic E-state index is 0.695.